The van der Waals surface area contributed by atoms with Gasteiger partial charge in [-0.2, -0.15) is 0 Å². The van der Waals surface area contributed by atoms with Crippen LogP contribution in [0.5, 0.6) is 0 Å². The maximum atomic E-state index is 2.12. The third kappa shape index (κ3) is 241000. The summed E-state index contributed by atoms with van der Waals surface area (Å²) in [5.41, 5.74) is 0. The van der Waals surface area contributed by atoms with Crippen molar-refractivity contribution in [1.29, 1.82) is 0 Å². The van der Waals surface area contributed by atoms with Gasteiger partial charge in [-0.25, -0.2) is 0 Å². The molecular formula is C9H25N. The highest BCUT2D eigenvalue weighted by molar-refractivity contribution is 4.09. The lowest BCUT2D eigenvalue weighted by Crippen LogP contribution is -1.99. The van der Waals surface area contributed by atoms with E-state index in [0.29, 0.717) is 0 Å². The Bertz CT molecular complexity index is 21.2. The van der Waals surface area contributed by atoms with Crippen molar-refractivity contribution < 1.29 is 0 Å². The summed E-state index contributed by atoms with van der Waals surface area (Å²) < 4.78 is 0. The van der Waals surface area contributed by atoms with Gasteiger partial charge in [0.1, 0.15) is 0 Å². The van der Waals surface area contributed by atoms with Gasteiger partial charge in [-0.15, -0.1) is 0 Å². The van der Waals surface area contributed by atoms with Crippen LogP contribution in [0.4, 0.5) is 0 Å². The standard InChI is InChI=1S/C3H9N.2C3H8/c1-4(2)3;2*1-3-2/h1-3H3;2*3H2,1-2H3. The second kappa shape index (κ2) is 23.1. The molecule has 0 spiro atoms. The monoisotopic (exact) mass is 147 g/mol. The fourth-order valence-corrected chi connectivity index (χ4v) is 0. The second-order valence-corrected chi connectivity index (χ2v) is 2.76. The van der Waals surface area contributed by atoms with Crippen molar-refractivity contribution >= 4 is 0 Å². The minimum atomic E-state index is 1.25. The van der Waals surface area contributed by atoms with Crippen molar-refractivity contribution in [1.82, 2.24) is 4.90 Å². The zero-order chi connectivity index (χ0) is 8.99. The summed E-state index contributed by atoms with van der Waals surface area (Å²) >= 11 is 0. The van der Waals surface area contributed by atoms with Crippen LogP contribution < -0.4 is 0 Å². The van der Waals surface area contributed by atoms with Crippen molar-refractivity contribution in [2.24, 2.45) is 0 Å². The normalized spacial score (nSPS) is 7.20. The van der Waals surface area contributed by atoms with Gasteiger partial charge in [0.15, 0.2) is 0 Å². The maximum absolute atomic E-state index is 2.12. The number of hydrogen-bond donors (Lipinski definition) is 0. The van der Waals surface area contributed by atoms with Gasteiger partial charge in [-0.05, 0) is 21.1 Å². The third-order valence-electron chi connectivity index (χ3n) is 0. The average molecular weight is 147 g/mol. The molecule has 0 bridgehead atoms. The second-order valence-electron chi connectivity index (χ2n) is 2.76. The summed E-state index contributed by atoms with van der Waals surface area (Å²) in [7, 11) is 6.00. The van der Waals surface area contributed by atoms with Gasteiger partial charge in [0.05, 0.1) is 0 Å². The van der Waals surface area contributed by atoms with E-state index in [1.54, 1.807) is 0 Å². The third-order valence-corrected chi connectivity index (χ3v) is 0. The first-order valence-electron chi connectivity index (χ1n) is 4.17. The van der Waals surface area contributed by atoms with Gasteiger partial charge in [-0.1, -0.05) is 40.5 Å². The summed E-state index contributed by atoms with van der Waals surface area (Å²) in [5, 5.41) is 0. The maximum Gasteiger partial charge on any atom is -0.0140 e. The van der Waals surface area contributed by atoms with E-state index in [2.05, 4.69) is 27.7 Å². The van der Waals surface area contributed by atoms with Crippen LogP contribution in [0.2, 0.25) is 0 Å². The number of rotatable bonds is 0. The van der Waals surface area contributed by atoms with Crippen molar-refractivity contribution in [3.8, 4) is 0 Å². The van der Waals surface area contributed by atoms with Crippen molar-refractivity contribution in [2.75, 3.05) is 21.1 Å². The van der Waals surface area contributed by atoms with Crippen LogP contribution in [-0.4, -0.2) is 26.0 Å². The van der Waals surface area contributed by atoms with Gasteiger partial charge >= 0.3 is 0 Å². The minimum absolute atomic E-state index is 1.25. The van der Waals surface area contributed by atoms with Gasteiger partial charge in [0.2, 0.25) is 0 Å². The highest BCUT2D eigenvalue weighted by Gasteiger charge is 1.58. The van der Waals surface area contributed by atoms with Crippen molar-refractivity contribution in [3.63, 3.8) is 0 Å². The lowest BCUT2D eigenvalue weighted by atomic mass is 10.6. The molecule has 66 valence electrons. The summed E-state index contributed by atoms with van der Waals surface area (Å²) in [4.78, 5) is 2.00. The lowest BCUT2D eigenvalue weighted by molar-refractivity contribution is 0.505. The van der Waals surface area contributed by atoms with E-state index in [-0.39, 0.29) is 0 Å². The van der Waals surface area contributed by atoms with Crippen LogP contribution in [0.1, 0.15) is 40.5 Å². The fraction of sp³-hybridized carbons (Fsp3) is 1.00. The van der Waals surface area contributed by atoms with Gasteiger partial charge in [0, 0.05) is 0 Å². The average Bonchev–Trinajstić information content (AvgIpc) is 1.65. The Hall–Kier alpha value is -0.0400. The van der Waals surface area contributed by atoms with Crippen LogP contribution in [0.3, 0.4) is 0 Å². The zero-order valence-corrected chi connectivity index (χ0v) is 8.86. The van der Waals surface area contributed by atoms with Crippen LogP contribution in [-0.2, 0) is 0 Å². The molecule has 0 N–H and O–H groups in total. The molecule has 0 aliphatic rings. The summed E-state index contributed by atoms with van der Waals surface area (Å²) in [6.45, 7) is 8.50. The smallest absolute Gasteiger partial charge is 0.0140 e. The quantitative estimate of drug-likeness (QED) is 0.509. The Labute approximate surface area is 67.4 Å². The Morgan fingerprint density at radius 3 is 0.700 bits per heavy atom. The first kappa shape index (κ1) is 16.5. The molecule has 1 nitrogen and oxygen atoms in total. The molecule has 0 aromatic carbocycles. The first-order valence-corrected chi connectivity index (χ1v) is 4.17. The molecule has 0 amide bonds. The Kier molecular flexibility index (Phi) is 38.1. The Morgan fingerprint density at radius 1 is 0.700 bits per heavy atom. The van der Waals surface area contributed by atoms with Crippen LogP contribution in [0, 0.1) is 0 Å². The van der Waals surface area contributed by atoms with E-state index in [1.165, 1.54) is 12.8 Å². The topological polar surface area (TPSA) is 3.24 Å². The van der Waals surface area contributed by atoms with Gasteiger partial charge in [-0.3, -0.25) is 0 Å². The predicted molar refractivity (Wildman–Crippen MR) is 51.5 cm³/mol. The van der Waals surface area contributed by atoms with Crippen LogP contribution >= 0.6 is 0 Å². The predicted octanol–water partition coefficient (Wildman–Crippen LogP) is 3.01. The molecule has 10 heavy (non-hydrogen) atoms. The largest absolute Gasteiger partial charge is 0.312 e. The molecule has 0 aromatic heterocycles. The molecule has 0 atom stereocenters. The highest BCUT2D eigenvalue weighted by atomic mass is 15.0. The van der Waals surface area contributed by atoms with Crippen molar-refractivity contribution in [2.45, 2.75) is 40.5 Å². The molecule has 0 heterocycles. The molecule has 1 heteroatoms. The van der Waals surface area contributed by atoms with E-state index in [0.717, 1.165) is 0 Å². The van der Waals surface area contributed by atoms with E-state index in [4.69, 9.17) is 0 Å². The van der Waals surface area contributed by atoms with Gasteiger partial charge in [0.25, 0.3) is 0 Å². The molecule has 0 saturated carbocycles. The molecule has 0 aromatic rings. The summed E-state index contributed by atoms with van der Waals surface area (Å²) in [5.74, 6) is 0. The highest BCUT2D eigenvalue weighted by Crippen LogP contribution is 1.56. The van der Waals surface area contributed by atoms with Crippen LogP contribution in [0.15, 0.2) is 0 Å². The zero-order valence-electron chi connectivity index (χ0n) is 8.86. The van der Waals surface area contributed by atoms with E-state index < -0.39 is 0 Å². The molecule has 0 fully saturated rings. The lowest BCUT2D eigenvalue weighted by Gasteiger charge is -1.90. The SMILES string of the molecule is CCC.CCC.CN(C)C. The summed E-state index contributed by atoms with van der Waals surface area (Å²) in [6, 6.07) is 0. The molecule has 0 radical (unpaired) electrons. The minimum Gasteiger partial charge on any atom is -0.312 e. The first-order chi connectivity index (χ1) is 4.56. The van der Waals surface area contributed by atoms with E-state index in [1.807, 2.05) is 26.0 Å². The molecule has 0 unspecified atom stereocenters. The number of hydrogen-bond acceptors (Lipinski definition) is 1. The Balaban J connectivity index is -0.0000000750. The molecule has 0 saturated heterocycles. The van der Waals surface area contributed by atoms with Gasteiger partial charge < -0.3 is 4.90 Å². The molecule has 0 aliphatic heterocycles. The molecule has 0 rings (SSSR count). The van der Waals surface area contributed by atoms with E-state index in [9.17, 15) is 0 Å². The molecular weight excluding hydrogens is 122 g/mol. The number of nitrogens with zero attached hydrogens (tertiary/aromatic N) is 1. The van der Waals surface area contributed by atoms with Crippen LogP contribution in [0.25, 0.3) is 0 Å². The summed E-state index contributed by atoms with van der Waals surface area (Å²) in [6.07, 6.45) is 2.50. The Morgan fingerprint density at radius 2 is 0.700 bits per heavy atom. The van der Waals surface area contributed by atoms with E-state index >= 15 is 0 Å². The van der Waals surface area contributed by atoms with Crippen molar-refractivity contribution in [3.05, 3.63) is 0 Å². The fourth-order valence-electron chi connectivity index (χ4n) is 0. The molecule has 0 aliphatic carbocycles.